The third kappa shape index (κ3) is 4.77. The highest BCUT2D eigenvalue weighted by Gasteiger charge is 2.20. The average Bonchev–Trinajstić information content (AvgIpc) is 2.77. The van der Waals surface area contributed by atoms with Crippen molar-refractivity contribution in [1.82, 2.24) is 25.9 Å². The van der Waals surface area contributed by atoms with Crippen LogP contribution in [0.1, 0.15) is 40.3 Å². The van der Waals surface area contributed by atoms with E-state index in [0.29, 0.717) is 22.9 Å². The Bertz CT molecular complexity index is 1220. The fourth-order valence-electron chi connectivity index (χ4n) is 3.03. The van der Waals surface area contributed by atoms with Gasteiger partial charge in [-0.25, -0.2) is 4.68 Å². The number of amides is 3. The van der Waals surface area contributed by atoms with Gasteiger partial charge in [0.05, 0.1) is 5.39 Å². The van der Waals surface area contributed by atoms with Crippen molar-refractivity contribution in [2.45, 2.75) is 33.4 Å². The van der Waals surface area contributed by atoms with E-state index in [9.17, 15) is 19.2 Å². The third-order valence-electron chi connectivity index (χ3n) is 4.70. The van der Waals surface area contributed by atoms with E-state index in [0.717, 1.165) is 5.56 Å². The fraction of sp³-hybridized carbons (Fsp3) is 0.227. The van der Waals surface area contributed by atoms with Crippen molar-refractivity contribution in [3.63, 3.8) is 0 Å². The molecule has 160 valence electrons. The molecule has 0 aliphatic rings. The van der Waals surface area contributed by atoms with Crippen molar-refractivity contribution in [2.75, 3.05) is 0 Å². The number of fused-ring (bicyclic) bond motifs is 1. The molecule has 3 aromatic rings. The Kier molecular flexibility index (Phi) is 6.44. The molecule has 1 atom stereocenters. The van der Waals surface area contributed by atoms with Crippen molar-refractivity contribution in [3.8, 4) is 0 Å². The minimum Gasteiger partial charge on any atom is -0.340 e. The second kappa shape index (κ2) is 9.21. The number of rotatable bonds is 5. The van der Waals surface area contributed by atoms with Crippen LogP contribution in [0.2, 0.25) is 0 Å². The molecule has 31 heavy (non-hydrogen) atoms. The van der Waals surface area contributed by atoms with Gasteiger partial charge < -0.3 is 5.32 Å². The Morgan fingerprint density at radius 3 is 2.39 bits per heavy atom. The van der Waals surface area contributed by atoms with E-state index in [2.05, 4.69) is 21.3 Å². The first-order valence-electron chi connectivity index (χ1n) is 9.79. The summed E-state index contributed by atoms with van der Waals surface area (Å²) >= 11 is 0. The fourth-order valence-corrected chi connectivity index (χ4v) is 3.03. The van der Waals surface area contributed by atoms with E-state index in [4.69, 9.17) is 0 Å². The first-order chi connectivity index (χ1) is 14.8. The molecule has 9 heteroatoms. The van der Waals surface area contributed by atoms with E-state index in [1.165, 1.54) is 11.6 Å². The van der Waals surface area contributed by atoms with Gasteiger partial charge in [0.2, 0.25) is 0 Å². The second-order valence-electron chi connectivity index (χ2n) is 7.02. The Balaban J connectivity index is 1.69. The van der Waals surface area contributed by atoms with Crippen molar-refractivity contribution < 1.29 is 14.4 Å². The van der Waals surface area contributed by atoms with Crippen LogP contribution in [0, 0.1) is 6.92 Å². The third-order valence-corrected chi connectivity index (χ3v) is 4.70. The van der Waals surface area contributed by atoms with Gasteiger partial charge in [0.1, 0.15) is 6.04 Å². The van der Waals surface area contributed by atoms with Crippen molar-refractivity contribution in [2.24, 2.45) is 0 Å². The average molecular weight is 421 g/mol. The van der Waals surface area contributed by atoms with Crippen LogP contribution in [-0.2, 0) is 11.3 Å². The quantitative estimate of drug-likeness (QED) is 0.536. The predicted octanol–water partition coefficient (Wildman–Crippen LogP) is 1.30. The van der Waals surface area contributed by atoms with Crippen molar-refractivity contribution in [1.29, 1.82) is 0 Å². The standard InChI is InChI=1S/C22H23N5O4/c1-4-27-22(31)17-11-6-5-10-16(17)18(26-27)21(30)25-24-19(28)14(3)23-20(29)15-9-7-8-13(2)12-15/h5-12,14H,4H2,1-3H3,(H,23,29)(H,24,28)(H,25,30)/t14-/m0/s1. The number of aromatic nitrogens is 2. The van der Waals surface area contributed by atoms with Gasteiger partial charge in [-0.2, -0.15) is 5.10 Å². The minimum absolute atomic E-state index is 0.00815. The maximum absolute atomic E-state index is 12.7. The number of benzene rings is 2. The lowest BCUT2D eigenvalue weighted by Gasteiger charge is -2.15. The van der Waals surface area contributed by atoms with E-state index < -0.39 is 23.8 Å². The number of carbonyl (C=O) groups is 3. The minimum atomic E-state index is -0.900. The molecule has 0 aliphatic heterocycles. The van der Waals surface area contributed by atoms with E-state index >= 15 is 0 Å². The summed E-state index contributed by atoms with van der Waals surface area (Å²) in [6.45, 7) is 5.39. The molecule has 0 unspecified atom stereocenters. The van der Waals surface area contributed by atoms with E-state index in [1.54, 1.807) is 49.4 Å². The van der Waals surface area contributed by atoms with Crippen LogP contribution < -0.4 is 21.7 Å². The van der Waals surface area contributed by atoms with Crippen LogP contribution in [0.15, 0.2) is 53.3 Å². The molecule has 1 aromatic heterocycles. The maximum atomic E-state index is 12.7. The lowest BCUT2D eigenvalue weighted by atomic mass is 10.1. The molecule has 0 radical (unpaired) electrons. The van der Waals surface area contributed by atoms with Crippen molar-refractivity contribution in [3.05, 3.63) is 75.7 Å². The Morgan fingerprint density at radius 1 is 1.00 bits per heavy atom. The monoisotopic (exact) mass is 421 g/mol. The molecule has 3 rings (SSSR count). The van der Waals surface area contributed by atoms with E-state index in [-0.39, 0.29) is 11.3 Å². The Hall–Kier alpha value is -4.01. The Labute approximate surface area is 178 Å². The summed E-state index contributed by atoms with van der Waals surface area (Å²) in [5.74, 6) is -1.69. The van der Waals surface area contributed by atoms with Crippen molar-refractivity contribution >= 4 is 28.5 Å². The molecule has 0 bridgehead atoms. The van der Waals surface area contributed by atoms with Crippen LogP contribution in [0.25, 0.3) is 10.8 Å². The highest BCUT2D eigenvalue weighted by Crippen LogP contribution is 2.13. The normalized spacial score (nSPS) is 11.6. The van der Waals surface area contributed by atoms with Gasteiger partial charge >= 0.3 is 0 Å². The Morgan fingerprint density at radius 2 is 1.71 bits per heavy atom. The summed E-state index contributed by atoms with van der Waals surface area (Å²) in [7, 11) is 0. The summed E-state index contributed by atoms with van der Waals surface area (Å²) in [6, 6.07) is 12.7. The number of nitrogens with one attached hydrogen (secondary N) is 3. The second-order valence-corrected chi connectivity index (χ2v) is 7.02. The molecular weight excluding hydrogens is 398 g/mol. The van der Waals surface area contributed by atoms with Crippen LogP contribution >= 0.6 is 0 Å². The van der Waals surface area contributed by atoms with Gasteiger partial charge in [0.15, 0.2) is 5.69 Å². The number of carbonyl (C=O) groups excluding carboxylic acids is 3. The predicted molar refractivity (Wildman–Crippen MR) is 115 cm³/mol. The number of hydrogen-bond donors (Lipinski definition) is 3. The molecule has 0 spiro atoms. The van der Waals surface area contributed by atoms with Crippen LogP contribution in [0.3, 0.4) is 0 Å². The topological polar surface area (TPSA) is 122 Å². The van der Waals surface area contributed by atoms with Gasteiger partial charge in [0, 0.05) is 17.5 Å². The van der Waals surface area contributed by atoms with Gasteiger partial charge in [-0.1, -0.05) is 35.9 Å². The number of hydrazine groups is 1. The number of hydrogen-bond acceptors (Lipinski definition) is 5. The summed E-state index contributed by atoms with van der Waals surface area (Å²) in [4.78, 5) is 49.7. The molecule has 3 amide bonds. The summed E-state index contributed by atoms with van der Waals surface area (Å²) < 4.78 is 1.18. The molecule has 2 aromatic carbocycles. The molecule has 3 N–H and O–H groups in total. The first-order valence-corrected chi connectivity index (χ1v) is 9.79. The molecule has 0 fully saturated rings. The van der Waals surface area contributed by atoms with Gasteiger partial charge in [-0.15, -0.1) is 0 Å². The van der Waals surface area contributed by atoms with Crippen LogP contribution in [-0.4, -0.2) is 33.5 Å². The lowest BCUT2D eigenvalue weighted by Crippen LogP contribution is -2.51. The lowest BCUT2D eigenvalue weighted by molar-refractivity contribution is -0.123. The first kappa shape index (κ1) is 21.7. The SMILES string of the molecule is CCn1nc(C(=O)NNC(=O)[C@H](C)NC(=O)c2cccc(C)c2)c2ccccc2c1=O. The molecule has 9 nitrogen and oxygen atoms in total. The highest BCUT2D eigenvalue weighted by atomic mass is 16.2. The largest absolute Gasteiger partial charge is 0.340 e. The zero-order chi connectivity index (χ0) is 22.5. The van der Waals surface area contributed by atoms with Gasteiger partial charge in [-0.3, -0.25) is 30.0 Å². The van der Waals surface area contributed by atoms with Gasteiger partial charge in [0.25, 0.3) is 23.3 Å². The summed E-state index contributed by atoms with van der Waals surface area (Å²) in [5, 5.41) is 7.42. The molecule has 0 saturated carbocycles. The zero-order valence-electron chi connectivity index (χ0n) is 17.4. The molecule has 1 heterocycles. The molecular formula is C22H23N5O4. The highest BCUT2D eigenvalue weighted by molar-refractivity contribution is 6.05. The summed E-state index contributed by atoms with van der Waals surface area (Å²) in [5.41, 5.74) is 5.64. The van der Waals surface area contributed by atoms with Crippen LogP contribution in [0.4, 0.5) is 0 Å². The number of aryl methyl sites for hydroxylation is 2. The summed E-state index contributed by atoms with van der Waals surface area (Å²) in [6.07, 6.45) is 0. The molecule has 0 aliphatic carbocycles. The smallest absolute Gasteiger partial charge is 0.290 e. The number of nitrogens with zero attached hydrogens (tertiary/aromatic N) is 2. The maximum Gasteiger partial charge on any atom is 0.290 e. The zero-order valence-corrected chi connectivity index (χ0v) is 17.4. The molecule has 0 saturated heterocycles. The van der Waals surface area contributed by atoms with E-state index in [1.807, 2.05) is 13.0 Å². The van der Waals surface area contributed by atoms with Crippen LogP contribution in [0.5, 0.6) is 0 Å². The van der Waals surface area contributed by atoms with Gasteiger partial charge in [-0.05, 0) is 39.0 Å².